The van der Waals surface area contributed by atoms with E-state index in [-0.39, 0.29) is 31.2 Å². The van der Waals surface area contributed by atoms with Crippen molar-refractivity contribution in [3.8, 4) is 0 Å². The van der Waals surface area contributed by atoms with Crippen molar-refractivity contribution >= 4 is 17.7 Å². The van der Waals surface area contributed by atoms with Crippen LogP contribution in [0.2, 0.25) is 0 Å². The fourth-order valence-electron chi connectivity index (χ4n) is 5.38. The van der Waals surface area contributed by atoms with Gasteiger partial charge in [0.25, 0.3) is 5.91 Å². The molecule has 4 N–H and O–H groups in total. The highest BCUT2D eigenvalue weighted by Crippen LogP contribution is 2.21. The Morgan fingerprint density at radius 3 is 2.35 bits per heavy atom. The van der Waals surface area contributed by atoms with Gasteiger partial charge in [0.05, 0.1) is 30.8 Å². The average Bonchev–Trinajstić information content (AvgIpc) is 2.95. The molecule has 0 bridgehead atoms. The third-order valence-electron chi connectivity index (χ3n) is 8.11. The van der Waals surface area contributed by atoms with Crippen LogP contribution >= 0.6 is 0 Å². The molecule has 43 heavy (non-hydrogen) atoms. The van der Waals surface area contributed by atoms with Crippen molar-refractivity contribution in [3.05, 3.63) is 23.8 Å². The number of methoxy groups -OCH3 is 1. The molecule has 1 rings (SSSR count). The minimum absolute atomic E-state index is 0.113. The Balaban J connectivity index is 2.92. The molecule has 9 heteroatoms. The number of β-amino-alcohol motifs (C(OH)–C–C–N with tert-alkyl or cyclic N) is 1. The average molecular weight is 610 g/mol. The maximum Gasteiger partial charge on any atom is 0.309 e. The molecule has 0 aromatic rings. The number of esters is 1. The Hall–Kier alpha value is -2.07. The van der Waals surface area contributed by atoms with Crippen molar-refractivity contribution in [3.63, 3.8) is 0 Å². The van der Waals surface area contributed by atoms with Crippen LogP contribution in [0.4, 0.5) is 0 Å². The van der Waals surface area contributed by atoms with Crippen LogP contribution < -0.4 is 5.32 Å². The van der Waals surface area contributed by atoms with Crippen molar-refractivity contribution in [2.75, 3.05) is 20.3 Å². The number of aliphatic hydroxyl groups excluding tert-OH is 3. The van der Waals surface area contributed by atoms with Gasteiger partial charge in [-0.25, -0.2) is 0 Å². The number of aliphatic hydroxyl groups is 3. The maximum absolute atomic E-state index is 12.8. The van der Waals surface area contributed by atoms with Crippen LogP contribution in [0, 0.1) is 17.8 Å². The lowest BCUT2D eigenvalue weighted by atomic mass is 9.92. The first kappa shape index (κ1) is 39.0. The predicted octanol–water partition coefficient (Wildman–Crippen LogP) is 4.81. The summed E-state index contributed by atoms with van der Waals surface area (Å²) in [5.74, 6) is -0.377. The molecule has 248 valence electrons. The van der Waals surface area contributed by atoms with E-state index in [0.29, 0.717) is 56.8 Å². The fourth-order valence-corrected chi connectivity index (χ4v) is 5.38. The number of rotatable bonds is 4. The lowest BCUT2D eigenvalue weighted by molar-refractivity contribution is -0.160. The van der Waals surface area contributed by atoms with E-state index in [9.17, 15) is 29.7 Å². The summed E-state index contributed by atoms with van der Waals surface area (Å²) < 4.78 is 10.9. The van der Waals surface area contributed by atoms with Crippen LogP contribution in [0.1, 0.15) is 111 Å². The van der Waals surface area contributed by atoms with E-state index in [1.165, 1.54) is 0 Å². The summed E-state index contributed by atoms with van der Waals surface area (Å²) in [6, 6.07) is 0. The summed E-state index contributed by atoms with van der Waals surface area (Å²) in [7, 11) is 1.60. The van der Waals surface area contributed by atoms with E-state index in [1.807, 2.05) is 26.0 Å². The molecule has 1 aliphatic heterocycles. The lowest BCUT2D eigenvalue weighted by Gasteiger charge is -2.23. The number of Topliss-reactive ketones (excluding diaryl/α,β-unsaturated/α-hetero) is 1. The quantitative estimate of drug-likeness (QED) is 0.333. The Bertz CT molecular complexity index is 872. The van der Waals surface area contributed by atoms with Crippen LogP contribution in [0.5, 0.6) is 0 Å². The first-order chi connectivity index (χ1) is 20.5. The van der Waals surface area contributed by atoms with E-state index < -0.39 is 36.3 Å². The summed E-state index contributed by atoms with van der Waals surface area (Å²) in [5.41, 5.74) is 0.966. The molecule has 0 saturated carbocycles. The van der Waals surface area contributed by atoms with Gasteiger partial charge in [-0.05, 0) is 62.4 Å². The van der Waals surface area contributed by atoms with Gasteiger partial charge in [-0.2, -0.15) is 0 Å². The second kappa shape index (κ2) is 22.4. The molecule has 7 atom stereocenters. The van der Waals surface area contributed by atoms with Crippen LogP contribution in [-0.4, -0.2) is 77.7 Å². The number of amides is 1. The molecular formula is C34H59NO8. The second-order valence-corrected chi connectivity index (χ2v) is 12.6. The minimum Gasteiger partial charge on any atom is -0.452 e. The standard InChI is InChI=1S/C34H59NO8/c1-6-11-32-33(40)35-22-29(37)21-31(39)30(38)19-18-27(23-42-5)15-9-13-24(2)14-10-17-28(36)16-8-7-12-25(3)20-26(4)34(41)43-32/h9,13,15,24-26,29-32,37-39H,6-8,10-12,14,16-23H2,1-5H3,(H,35,40)/b13-9+,27-15-/t24-,25+,26-,29-,30+,31-,32?/m0/s1. The molecule has 0 radical (unpaired) electrons. The van der Waals surface area contributed by atoms with E-state index in [1.54, 1.807) is 7.11 Å². The van der Waals surface area contributed by atoms with Gasteiger partial charge in [0, 0.05) is 32.9 Å². The SMILES string of the molecule is CCCC1OC(=O)[C@@H](C)C[C@H](C)CCCCC(=O)CCC[C@@H](C)/C=C/C=C(\COC)CC[C@@H](O)[C@@H](O)C[C@H](O)CNC1=O. The number of cyclic esters (lactones) is 1. The number of ketones is 1. The van der Waals surface area contributed by atoms with Gasteiger partial charge in [0.1, 0.15) is 5.78 Å². The topological polar surface area (TPSA) is 142 Å². The monoisotopic (exact) mass is 609 g/mol. The van der Waals surface area contributed by atoms with E-state index in [4.69, 9.17) is 9.47 Å². The largest absolute Gasteiger partial charge is 0.452 e. The number of ether oxygens (including phenoxy) is 2. The molecule has 0 aliphatic carbocycles. The summed E-state index contributed by atoms with van der Waals surface area (Å²) in [6.45, 7) is 8.19. The number of hydrogen-bond acceptors (Lipinski definition) is 8. The molecule has 0 aromatic heterocycles. The van der Waals surface area contributed by atoms with E-state index in [0.717, 1.165) is 37.7 Å². The second-order valence-electron chi connectivity index (χ2n) is 12.6. The molecule has 0 fully saturated rings. The zero-order valence-electron chi connectivity index (χ0n) is 27.3. The first-order valence-corrected chi connectivity index (χ1v) is 16.4. The van der Waals surface area contributed by atoms with Gasteiger partial charge < -0.3 is 30.1 Å². The van der Waals surface area contributed by atoms with Gasteiger partial charge in [0.15, 0.2) is 6.10 Å². The number of hydrogen-bond donors (Lipinski definition) is 4. The molecule has 0 aromatic carbocycles. The fraction of sp³-hybridized carbons (Fsp3) is 0.794. The molecule has 0 saturated heterocycles. The van der Waals surface area contributed by atoms with E-state index in [2.05, 4.69) is 25.2 Å². The van der Waals surface area contributed by atoms with Gasteiger partial charge in [-0.15, -0.1) is 0 Å². The van der Waals surface area contributed by atoms with Crippen molar-refractivity contribution in [2.45, 2.75) is 136 Å². The van der Waals surface area contributed by atoms with Crippen LogP contribution in [0.3, 0.4) is 0 Å². The van der Waals surface area contributed by atoms with Crippen LogP contribution in [0.25, 0.3) is 0 Å². The summed E-state index contributed by atoms with van der Waals surface area (Å²) in [5, 5.41) is 34.0. The highest BCUT2D eigenvalue weighted by Gasteiger charge is 2.27. The van der Waals surface area contributed by atoms with Crippen LogP contribution in [0.15, 0.2) is 23.8 Å². The number of allylic oxidation sites excluding steroid dienone is 3. The first-order valence-electron chi connectivity index (χ1n) is 16.4. The predicted molar refractivity (Wildman–Crippen MR) is 168 cm³/mol. The number of carbonyl (C=O) groups is 3. The van der Waals surface area contributed by atoms with Gasteiger partial charge in [0.2, 0.25) is 0 Å². The zero-order valence-corrected chi connectivity index (χ0v) is 27.3. The Morgan fingerprint density at radius 2 is 1.65 bits per heavy atom. The molecule has 1 amide bonds. The van der Waals surface area contributed by atoms with Crippen molar-refractivity contribution in [2.24, 2.45) is 17.8 Å². The molecular weight excluding hydrogens is 550 g/mol. The Labute approximate surface area is 259 Å². The number of carbonyl (C=O) groups excluding carboxylic acids is 3. The Kier molecular flexibility index (Phi) is 20.3. The third kappa shape index (κ3) is 17.7. The molecule has 1 aliphatic rings. The molecule has 9 nitrogen and oxygen atoms in total. The third-order valence-corrected chi connectivity index (χ3v) is 8.11. The van der Waals surface area contributed by atoms with Gasteiger partial charge >= 0.3 is 5.97 Å². The van der Waals surface area contributed by atoms with Crippen LogP contribution in [-0.2, 0) is 23.9 Å². The highest BCUT2D eigenvalue weighted by molar-refractivity contribution is 5.84. The summed E-state index contributed by atoms with van der Waals surface area (Å²) in [4.78, 5) is 38.0. The number of nitrogens with one attached hydrogen (secondary N) is 1. The van der Waals surface area contributed by atoms with Crippen molar-refractivity contribution < 1.29 is 39.2 Å². The van der Waals surface area contributed by atoms with Gasteiger partial charge in [-0.3, -0.25) is 14.4 Å². The molecule has 1 heterocycles. The molecule has 1 unspecified atom stereocenters. The van der Waals surface area contributed by atoms with Crippen molar-refractivity contribution in [1.82, 2.24) is 5.32 Å². The smallest absolute Gasteiger partial charge is 0.309 e. The summed E-state index contributed by atoms with van der Waals surface area (Å²) >= 11 is 0. The molecule has 0 spiro atoms. The van der Waals surface area contributed by atoms with E-state index >= 15 is 0 Å². The normalized spacial score (nSPS) is 33.3. The van der Waals surface area contributed by atoms with Crippen molar-refractivity contribution in [1.29, 1.82) is 0 Å². The Morgan fingerprint density at radius 1 is 0.930 bits per heavy atom. The minimum atomic E-state index is -1.17. The van der Waals surface area contributed by atoms with Gasteiger partial charge in [-0.1, -0.05) is 65.2 Å². The zero-order chi connectivity index (χ0) is 32.2. The summed E-state index contributed by atoms with van der Waals surface area (Å²) in [6.07, 6.45) is 9.73. The maximum atomic E-state index is 12.8. The highest BCUT2D eigenvalue weighted by atomic mass is 16.5. The lowest BCUT2D eigenvalue weighted by Crippen LogP contribution is -2.43.